The lowest BCUT2D eigenvalue weighted by Crippen LogP contribution is -2.27. The normalized spacial score (nSPS) is 11.9. The van der Waals surface area contributed by atoms with Gasteiger partial charge >= 0.3 is 0 Å². The molecule has 0 aliphatic carbocycles. The van der Waals surface area contributed by atoms with Crippen LogP contribution in [0, 0.1) is 0 Å². The van der Waals surface area contributed by atoms with E-state index in [0.717, 1.165) is 16.9 Å². The van der Waals surface area contributed by atoms with Crippen molar-refractivity contribution < 1.29 is 9.21 Å². The number of furan rings is 1. The summed E-state index contributed by atoms with van der Waals surface area (Å²) in [5.74, 6) is 0.749. The van der Waals surface area contributed by atoms with Gasteiger partial charge in [-0.15, -0.1) is 0 Å². The number of amides is 1. The molecule has 0 aliphatic rings. The molecule has 1 N–H and O–H groups in total. The molecule has 1 amide bonds. The van der Waals surface area contributed by atoms with Crippen LogP contribution in [0.1, 0.15) is 24.3 Å². The van der Waals surface area contributed by atoms with Crippen LogP contribution in [-0.2, 0) is 11.2 Å². The summed E-state index contributed by atoms with van der Waals surface area (Å²) < 4.78 is 5.30. The van der Waals surface area contributed by atoms with Gasteiger partial charge in [-0.05, 0) is 35.7 Å². The molecule has 0 aliphatic heterocycles. The highest BCUT2D eigenvalue weighted by molar-refractivity contribution is 5.79. The molecule has 0 fully saturated rings. The zero-order valence-corrected chi connectivity index (χ0v) is 13.0. The van der Waals surface area contributed by atoms with Crippen LogP contribution in [0.15, 0.2) is 77.4 Å². The van der Waals surface area contributed by atoms with Gasteiger partial charge in [-0.1, -0.05) is 54.6 Å². The lowest BCUT2D eigenvalue weighted by Gasteiger charge is -2.11. The van der Waals surface area contributed by atoms with E-state index in [9.17, 15) is 4.79 Å². The van der Waals surface area contributed by atoms with E-state index < -0.39 is 0 Å². The van der Waals surface area contributed by atoms with Gasteiger partial charge in [-0.3, -0.25) is 4.79 Å². The van der Waals surface area contributed by atoms with Crippen molar-refractivity contribution in [3.63, 3.8) is 0 Å². The maximum absolute atomic E-state index is 12.1. The molecule has 3 rings (SSSR count). The van der Waals surface area contributed by atoms with Gasteiger partial charge in [0.15, 0.2) is 0 Å². The van der Waals surface area contributed by atoms with E-state index in [1.165, 1.54) is 5.56 Å². The van der Waals surface area contributed by atoms with Crippen molar-refractivity contribution >= 4 is 5.91 Å². The molecule has 0 spiro atoms. The number of nitrogens with one attached hydrogen (secondary N) is 1. The lowest BCUT2D eigenvalue weighted by molar-refractivity contribution is -0.121. The Balaban J connectivity index is 1.61. The lowest BCUT2D eigenvalue weighted by atomic mass is 10.0. The first-order chi connectivity index (χ1) is 11.2. The van der Waals surface area contributed by atoms with Crippen LogP contribution in [-0.4, -0.2) is 5.91 Å². The van der Waals surface area contributed by atoms with E-state index in [0.29, 0.717) is 6.42 Å². The number of benzene rings is 2. The third-order valence-corrected chi connectivity index (χ3v) is 3.77. The molecular weight excluding hydrogens is 286 g/mol. The molecule has 3 heteroatoms. The maximum atomic E-state index is 12.1. The van der Waals surface area contributed by atoms with Crippen LogP contribution in [0.25, 0.3) is 11.1 Å². The van der Waals surface area contributed by atoms with Gasteiger partial charge in [0, 0.05) is 0 Å². The van der Waals surface area contributed by atoms with Crippen LogP contribution in [0.5, 0.6) is 0 Å². The molecule has 0 radical (unpaired) electrons. The number of hydrogen-bond acceptors (Lipinski definition) is 2. The van der Waals surface area contributed by atoms with Crippen LogP contribution >= 0.6 is 0 Å². The van der Waals surface area contributed by atoms with Crippen molar-refractivity contribution in [3.05, 3.63) is 84.3 Å². The molecule has 3 nitrogen and oxygen atoms in total. The summed E-state index contributed by atoms with van der Waals surface area (Å²) in [7, 11) is 0. The van der Waals surface area contributed by atoms with Crippen molar-refractivity contribution in [1.29, 1.82) is 0 Å². The Labute approximate surface area is 136 Å². The van der Waals surface area contributed by atoms with Gasteiger partial charge in [0.25, 0.3) is 0 Å². The van der Waals surface area contributed by atoms with Crippen molar-refractivity contribution in [2.75, 3.05) is 0 Å². The Morgan fingerprint density at radius 2 is 1.65 bits per heavy atom. The minimum absolute atomic E-state index is 0.0126. The maximum Gasteiger partial charge on any atom is 0.224 e. The summed E-state index contributed by atoms with van der Waals surface area (Å²) in [6.07, 6.45) is 1.97. The molecule has 0 bridgehead atoms. The molecule has 2 aromatic carbocycles. The van der Waals surface area contributed by atoms with E-state index in [1.807, 2.05) is 61.5 Å². The third-order valence-electron chi connectivity index (χ3n) is 3.77. The summed E-state index contributed by atoms with van der Waals surface area (Å²) in [5, 5.41) is 2.94. The van der Waals surface area contributed by atoms with Crippen LogP contribution in [0.2, 0.25) is 0 Å². The topological polar surface area (TPSA) is 42.2 Å². The fourth-order valence-corrected chi connectivity index (χ4v) is 2.53. The molecular formula is C20H19NO2. The Morgan fingerprint density at radius 1 is 0.957 bits per heavy atom. The monoisotopic (exact) mass is 305 g/mol. The molecule has 1 heterocycles. The average molecular weight is 305 g/mol. The predicted molar refractivity (Wildman–Crippen MR) is 90.8 cm³/mol. The molecule has 1 atom stereocenters. The summed E-state index contributed by atoms with van der Waals surface area (Å²) in [6.45, 7) is 1.91. The van der Waals surface area contributed by atoms with Crippen molar-refractivity contribution in [2.45, 2.75) is 19.4 Å². The zero-order valence-electron chi connectivity index (χ0n) is 13.0. The summed E-state index contributed by atoms with van der Waals surface area (Å²) in [4.78, 5) is 12.1. The Bertz CT molecular complexity index is 746. The average Bonchev–Trinajstić information content (AvgIpc) is 3.11. The standard InChI is InChI=1S/C20H19NO2/c1-15(19-8-5-13-23-19)21-20(22)14-16-9-11-18(12-10-16)17-6-3-2-4-7-17/h2-13,15H,14H2,1H3,(H,21,22). The van der Waals surface area contributed by atoms with E-state index >= 15 is 0 Å². The predicted octanol–water partition coefficient (Wildman–Crippen LogP) is 4.37. The summed E-state index contributed by atoms with van der Waals surface area (Å²) in [5.41, 5.74) is 3.32. The molecule has 1 aromatic heterocycles. The molecule has 116 valence electrons. The molecule has 3 aromatic rings. The van der Waals surface area contributed by atoms with Gasteiger partial charge < -0.3 is 9.73 Å². The van der Waals surface area contributed by atoms with Crippen molar-refractivity contribution in [1.82, 2.24) is 5.32 Å². The number of rotatable bonds is 5. The second-order valence-corrected chi connectivity index (χ2v) is 5.54. The fraction of sp³-hybridized carbons (Fsp3) is 0.150. The second-order valence-electron chi connectivity index (χ2n) is 5.54. The smallest absolute Gasteiger partial charge is 0.224 e. The first-order valence-electron chi connectivity index (χ1n) is 7.69. The summed E-state index contributed by atoms with van der Waals surface area (Å²) >= 11 is 0. The molecule has 23 heavy (non-hydrogen) atoms. The summed E-state index contributed by atoms with van der Waals surface area (Å²) in [6, 6.07) is 21.9. The van der Waals surface area contributed by atoms with Crippen LogP contribution in [0.3, 0.4) is 0 Å². The van der Waals surface area contributed by atoms with Gasteiger partial charge in [-0.25, -0.2) is 0 Å². The van der Waals surface area contributed by atoms with E-state index in [4.69, 9.17) is 4.42 Å². The van der Waals surface area contributed by atoms with Gasteiger partial charge in [0.1, 0.15) is 5.76 Å². The Kier molecular flexibility index (Phi) is 4.57. The SMILES string of the molecule is CC(NC(=O)Cc1ccc(-c2ccccc2)cc1)c1ccco1. The van der Waals surface area contributed by atoms with Crippen molar-refractivity contribution in [2.24, 2.45) is 0 Å². The first-order valence-corrected chi connectivity index (χ1v) is 7.69. The number of carbonyl (C=O) groups is 1. The zero-order chi connectivity index (χ0) is 16.1. The highest BCUT2D eigenvalue weighted by atomic mass is 16.3. The first kappa shape index (κ1) is 15.1. The van der Waals surface area contributed by atoms with Gasteiger partial charge in [0.05, 0.1) is 18.7 Å². The Hall–Kier alpha value is -2.81. The highest BCUT2D eigenvalue weighted by Crippen LogP contribution is 2.19. The van der Waals surface area contributed by atoms with Crippen LogP contribution in [0.4, 0.5) is 0 Å². The molecule has 0 saturated carbocycles. The largest absolute Gasteiger partial charge is 0.467 e. The van der Waals surface area contributed by atoms with E-state index in [1.54, 1.807) is 6.26 Å². The fourth-order valence-electron chi connectivity index (χ4n) is 2.53. The quantitative estimate of drug-likeness (QED) is 0.760. The highest BCUT2D eigenvalue weighted by Gasteiger charge is 2.12. The minimum atomic E-state index is -0.124. The minimum Gasteiger partial charge on any atom is -0.467 e. The van der Waals surface area contributed by atoms with Gasteiger partial charge in [-0.2, -0.15) is 0 Å². The molecule has 0 saturated heterocycles. The van der Waals surface area contributed by atoms with Crippen molar-refractivity contribution in [3.8, 4) is 11.1 Å². The Morgan fingerprint density at radius 3 is 2.30 bits per heavy atom. The third kappa shape index (κ3) is 3.89. The van der Waals surface area contributed by atoms with E-state index in [-0.39, 0.29) is 11.9 Å². The van der Waals surface area contributed by atoms with E-state index in [2.05, 4.69) is 17.4 Å². The second kappa shape index (κ2) is 6.97. The number of hydrogen-bond donors (Lipinski definition) is 1. The van der Waals surface area contributed by atoms with Crippen LogP contribution < -0.4 is 5.32 Å². The van der Waals surface area contributed by atoms with Gasteiger partial charge in [0.2, 0.25) is 5.91 Å². The molecule has 1 unspecified atom stereocenters. The number of carbonyl (C=O) groups excluding carboxylic acids is 1.